The van der Waals surface area contributed by atoms with E-state index in [9.17, 15) is 18.8 Å². The summed E-state index contributed by atoms with van der Waals surface area (Å²) >= 11 is 6.05. The normalized spacial score (nSPS) is 19.0. The van der Waals surface area contributed by atoms with Crippen molar-refractivity contribution < 1.29 is 18.8 Å². The maximum absolute atomic E-state index is 13.2. The second kappa shape index (κ2) is 8.07. The van der Waals surface area contributed by atoms with Gasteiger partial charge < -0.3 is 10.6 Å². The molecule has 4 amide bonds. The number of hydrogen-bond donors (Lipinski definition) is 2. The maximum Gasteiger partial charge on any atom is 0.325 e. The number of nitrogens with zero attached hydrogens (tertiary/aromatic N) is 1. The highest BCUT2D eigenvalue weighted by Crippen LogP contribution is 2.29. The molecule has 1 heterocycles. The Balaban J connectivity index is 1.66. The summed E-state index contributed by atoms with van der Waals surface area (Å²) in [6.45, 7) is 5.33. The summed E-state index contributed by atoms with van der Waals surface area (Å²) < 4.78 is 13.2. The van der Waals surface area contributed by atoms with Gasteiger partial charge in [0, 0.05) is 17.0 Å². The predicted molar refractivity (Wildman–Crippen MR) is 111 cm³/mol. The van der Waals surface area contributed by atoms with Crippen molar-refractivity contribution in [3.8, 4) is 0 Å². The molecule has 1 aliphatic rings. The fourth-order valence-corrected chi connectivity index (χ4v) is 3.54. The Bertz CT molecular complexity index is 993. The van der Waals surface area contributed by atoms with Crippen molar-refractivity contribution >= 4 is 29.4 Å². The highest BCUT2D eigenvalue weighted by atomic mass is 35.5. The molecule has 30 heavy (non-hydrogen) atoms. The molecule has 1 unspecified atom stereocenters. The molecule has 6 nitrogen and oxygen atoms in total. The van der Waals surface area contributed by atoms with Crippen molar-refractivity contribution in [2.75, 3.05) is 13.1 Å². The summed E-state index contributed by atoms with van der Waals surface area (Å²) in [7, 11) is 0. The SMILES string of the molecule is CC(C)(CNC(=O)CN1C(=O)NC(C)(c2ccc(F)cc2)C1=O)c1cccc(Cl)c1. The lowest BCUT2D eigenvalue weighted by Gasteiger charge is -2.26. The quantitative estimate of drug-likeness (QED) is 0.688. The van der Waals surface area contributed by atoms with Crippen molar-refractivity contribution in [3.63, 3.8) is 0 Å². The molecule has 0 aromatic heterocycles. The predicted octanol–water partition coefficient (Wildman–Crippen LogP) is 3.34. The van der Waals surface area contributed by atoms with Crippen LogP contribution in [0.25, 0.3) is 0 Å². The Morgan fingerprint density at radius 1 is 1.20 bits per heavy atom. The number of halogens is 2. The third kappa shape index (κ3) is 4.31. The zero-order valence-corrected chi connectivity index (χ0v) is 17.7. The average Bonchev–Trinajstić information content (AvgIpc) is 2.91. The third-order valence-electron chi connectivity index (χ3n) is 5.33. The van der Waals surface area contributed by atoms with Crippen LogP contribution < -0.4 is 10.6 Å². The van der Waals surface area contributed by atoms with Gasteiger partial charge in [-0.15, -0.1) is 0 Å². The molecule has 3 rings (SSSR count). The first kappa shape index (κ1) is 21.8. The zero-order valence-electron chi connectivity index (χ0n) is 17.0. The molecular weight excluding hydrogens is 409 g/mol. The summed E-state index contributed by atoms with van der Waals surface area (Å²) in [5.74, 6) is -1.47. The van der Waals surface area contributed by atoms with Crippen LogP contribution >= 0.6 is 11.6 Å². The average molecular weight is 432 g/mol. The van der Waals surface area contributed by atoms with E-state index in [1.165, 1.54) is 31.2 Å². The van der Waals surface area contributed by atoms with E-state index < -0.39 is 41.2 Å². The van der Waals surface area contributed by atoms with Gasteiger partial charge in [-0.3, -0.25) is 14.5 Å². The molecule has 2 aromatic rings. The summed E-state index contributed by atoms with van der Waals surface area (Å²) in [6, 6.07) is 12.0. The number of carbonyl (C=O) groups is 3. The highest BCUT2D eigenvalue weighted by Gasteiger charge is 2.49. The standard InChI is InChI=1S/C22H23ClFN3O3/c1-21(2,15-5-4-6-16(23)11-15)13-25-18(28)12-27-19(29)22(3,26-20(27)30)14-7-9-17(24)10-8-14/h4-11H,12-13H2,1-3H3,(H,25,28)(H,26,30). The fourth-order valence-electron chi connectivity index (χ4n) is 3.35. The molecule has 8 heteroatoms. The van der Waals surface area contributed by atoms with E-state index in [1.807, 2.05) is 32.0 Å². The lowest BCUT2D eigenvalue weighted by atomic mass is 9.84. The molecule has 0 radical (unpaired) electrons. The minimum absolute atomic E-state index is 0.297. The maximum atomic E-state index is 13.2. The van der Waals surface area contributed by atoms with E-state index in [-0.39, 0.29) is 0 Å². The van der Waals surface area contributed by atoms with E-state index in [2.05, 4.69) is 10.6 Å². The van der Waals surface area contributed by atoms with Gasteiger partial charge in [-0.05, 0) is 42.3 Å². The van der Waals surface area contributed by atoms with Crippen molar-refractivity contribution in [1.82, 2.24) is 15.5 Å². The first-order valence-corrected chi connectivity index (χ1v) is 9.84. The van der Waals surface area contributed by atoms with Crippen LogP contribution in [0.2, 0.25) is 5.02 Å². The minimum atomic E-state index is -1.36. The summed E-state index contributed by atoms with van der Waals surface area (Å²) in [5.41, 5.74) is -0.368. The van der Waals surface area contributed by atoms with Gasteiger partial charge in [0.2, 0.25) is 5.91 Å². The molecule has 0 saturated carbocycles. The van der Waals surface area contributed by atoms with Crippen molar-refractivity contribution in [3.05, 3.63) is 70.5 Å². The van der Waals surface area contributed by atoms with Crippen LogP contribution in [0.3, 0.4) is 0 Å². The Morgan fingerprint density at radius 3 is 2.50 bits per heavy atom. The van der Waals surface area contributed by atoms with Crippen LogP contribution in [0.4, 0.5) is 9.18 Å². The Kier molecular flexibility index (Phi) is 5.85. The van der Waals surface area contributed by atoms with Crippen molar-refractivity contribution in [1.29, 1.82) is 0 Å². The summed E-state index contributed by atoms with van der Waals surface area (Å²) in [4.78, 5) is 38.6. The monoisotopic (exact) mass is 431 g/mol. The van der Waals surface area contributed by atoms with E-state index in [0.29, 0.717) is 17.1 Å². The van der Waals surface area contributed by atoms with Crippen LogP contribution in [0.5, 0.6) is 0 Å². The second-order valence-corrected chi connectivity index (χ2v) is 8.56. The number of imide groups is 1. The lowest BCUT2D eigenvalue weighted by Crippen LogP contribution is -2.45. The van der Waals surface area contributed by atoms with E-state index in [4.69, 9.17) is 11.6 Å². The van der Waals surface area contributed by atoms with Gasteiger partial charge in [0.1, 0.15) is 17.9 Å². The van der Waals surface area contributed by atoms with Crippen LogP contribution in [0.1, 0.15) is 31.9 Å². The van der Waals surface area contributed by atoms with E-state index in [0.717, 1.165) is 10.5 Å². The number of hydrogen-bond acceptors (Lipinski definition) is 3. The number of benzene rings is 2. The molecule has 0 bridgehead atoms. The molecule has 2 N–H and O–H groups in total. The molecule has 0 aliphatic carbocycles. The minimum Gasteiger partial charge on any atom is -0.354 e. The molecule has 1 atom stereocenters. The van der Waals surface area contributed by atoms with E-state index in [1.54, 1.807) is 6.07 Å². The zero-order chi connectivity index (χ0) is 22.1. The molecule has 1 aliphatic heterocycles. The topological polar surface area (TPSA) is 78.5 Å². The van der Waals surface area contributed by atoms with Gasteiger partial charge in [0.05, 0.1) is 0 Å². The Labute approximate surface area is 179 Å². The number of nitrogens with one attached hydrogen (secondary N) is 2. The number of rotatable bonds is 6. The molecule has 0 spiro atoms. The molecule has 2 aromatic carbocycles. The fraction of sp³-hybridized carbons (Fsp3) is 0.318. The first-order valence-electron chi connectivity index (χ1n) is 9.46. The second-order valence-electron chi connectivity index (χ2n) is 8.12. The van der Waals surface area contributed by atoms with Crippen LogP contribution in [-0.4, -0.2) is 35.8 Å². The van der Waals surface area contributed by atoms with Gasteiger partial charge in [-0.2, -0.15) is 0 Å². The van der Waals surface area contributed by atoms with Gasteiger partial charge in [-0.1, -0.05) is 49.7 Å². The third-order valence-corrected chi connectivity index (χ3v) is 5.57. The van der Waals surface area contributed by atoms with Gasteiger partial charge in [0.25, 0.3) is 5.91 Å². The smallest absolute Gasteiger partial charge is 0.325 e. The molecule has 1 saturated heterocycles. The van der Waals surface area contributed by atoms with Crippen molar-refractivity contribution in [2.24, 2.45) is 0 Å². The van der Waals surface area contributed by atoms with Gasteiger partial charge in [0.15, 0.2) is 0 Å². The van der Waals surface area contributed by atoms with Gasteiger partial charge >= 0.3 is 6.03 Å². The van der Waals surface area contributed by atoms with Crippen LogP contribution in [0, 0.1) is 5.82 Å². The Morgan fingerprint density at radius 2 is 1.87 bits per heavy atom. The number of urea groups is 1. The van der Waals surface area contributed by atoms with E-state index >= 15 is 0 Å². The highest BCUT2D eigenvalue weighted by molar-refractivity contribution is 6.30. The summed E-state index contributed by atoms with van der Waals surface area (Å²) in [6.07, 6.45) is 0. The first-order chi connectivity index (χ1) is 14.0. The molecular formula is C22H23ClFN3O3. The van der Waals surface area contributed by atoms with Crippen LogP contribution in [-0.2, 0) is 20.5 Å². The Hall–Kier alpha value is -2.93. The largest absolute Gasteiger partial charge is 0.354 e. The van der Waals surface area contributed by atoms with Crippen molar-refractivity contribution in [2.45, 2.75) is 31.7 Å². The number of amides is 4. The van der Waals surface area contributed by atoms with Gasteiger partial charge in [-0.25, -0.2) is 9.18 Å². The molecule has 158 valence electrons. The summed E-state index contributed by atoms with van der Waals surface area (Å²) in [5, 5.41) is 5.98. The lowest BCUT2D eigenvalue weighted by molar-refractivity contribution is -0.134. The molecule has 1 fully saturated rings. The van der Waals surface area contributed by atoms with Crippen LogP contribution in [0.15, 0.2) is 48.5 Å². The number of carbonyl (C=O) groups excluding carboxylic acids is 3.